The van der Waals surface area contributed by atoms with Crippen molar-refractivity contribution in [3.8, 4) is 0 Å². The maximum absolute atomic E-state index is 11.7. The number of nitrogens with zero attached hydrogens (tertiary/aromatic N) is 7. The topological polar surface area (TPSA) is 121 Å². The van der Waals surface area contributed by atoms with Gasteiger partial charge in [0.1, 0.15) is 0 Å². The first-order valence-electron chi connectivity index (χ1n) is 11.4. The number of hydrogen-bond acceptors (Lipinski definition) is 8. The molecule has 1 saturated heterocycles. The molecule has 0 aliphatic carbocycles. The van der Waals surface area contributed by atoms with Crippen LogP contribution in [0.3, 0.4) is 0 Å². The number of carbonyl (C=O) groups is 1. The number of rotatable bonds is 4. The fraction of sp³-hybridized carbons (Fsp3) is 0.292. The molecule has 0 atom stereocenters. The summed E-state index contributed by atoms with van der Waals surface area (Å²) in [6.45, 7) is 6.61. The average molecular weight is 506 g/mol. The number of aliphatic imine (C=N–C) groups is 1. The Morgan fingerprint density at radius 3 is 2.25 bits per heavy atom. The Hall–Kier alpha value is -4.19. The average Bonchev–Trinajstić information content (AvgIpc) is 2.88. The second-order valence-corrected chi connectivity index (χ2v) is 8.44. The van der Waals surface area contributed by atoms with Crippen molar-refractivity contribution in [2.24, 2.45) is 4.99 Å². The van der Waals surface area contributed by atoms with Gasteiger partial charge in [0.2, 0.25) is 23.0 Å². The monoisotopic (exact) mass is 505 g/mol. The number of thiocarbonyl (C=S) groups is 1. The lowest BCUT2D eigenvalue weighted by atomic mass is 10.2. The summed E-state index contributed by atoms with van der Waals surface area (Å²) in [5, 5.41) is 6.59. The number of guanidine groups is 1. The molecule has 12 heteroatoms. The number of aromatic nitrogens is 4. The van der Waals surface area contributed by atoms with E-state index >= 15 is 0 Å². The zero-order chi connectivity index (χ0) is 25.5. The van der Waals surface area contributed by atoms with Gasteiger partial charge in [-0.2, -0.15) is 4.99 Å². The van der Waals surface area contributed by atoms with E-state index in [9.17, 15) is 4.79 Å². The predicted octanol–water partition coefficient (Wildman–Crippen LogP) is 2.66. The summed E-state index contributed by atoms with van der Waals surface area (Å²) in [6.07, 6.45) is 3.48. The van der Waals surface area contributed by atoms with E-state index in [0.29, 0.717) is 55.3 Å². The lowest BCUT2D eigenvalue weighted by Gasteiger charge is -2.36. The van der Waals surface area contributed by atoms with Crippen LogP contribution in [0.2, 0.25) is 0 Å². The summed E-state index contributed by atoms with van der Waals surface area (Å²) in [5.41, 5.74) is 2.85. The fourth-order valence-corrected chi connectivity index (χ4v) is 3.89. The molecular formula is C24H27N9O2S. The normalized spacial score (nSPS) is 13.8. The zero-order valence-corrected chi connectivity index (χ0v) is 21.1. The minimum atomic E-state index is -0.401. The molecule has 0 radical (unpaired) electrons. The van der Waals surface area contributed by atoms with Gasteiger partial charge in [0.15, 0.2) is 0 Å². The Bertz CT molecular complexity index is 1220. The van der Waals surface area contributed by atoms with Crippen LogP contribution in [-0.2, 0) is 4.74 Å². The largest absolute Gasteiger partial charge is 0.465 e. The summed E-state index contributed by atoms with van der Waals surface area (Å²) in [4.78, 5) is 38.2. The Kier molecular flexibility index (Phi) is 7.95. The molecule has 2 N–H and O–H groups in total. The van der Waals surface area contributed by atoms with Gasteiger partial charge < -0.3 is 19.9 Å². The third-order valence-corrected chi connectivity index (χ3v) is 5.58. The number of hydrogen-bond donors (Lipinski definition) is 2. The highest BCUT2D eigenvalue weighted by atomic mass is 32.1. The zero-order valence-electron chi connectivity index (χ0n) is 20.3. The SMILES string of the molecule is COC(=O)c1ccc(NC(=S)/N=C(/Nc2nc(C)cc(C)n2)N2CCN(c3ncccn3)CC2)cc1. The molecule has 0 amide bonds. The van der Waals surface area contributed by atoms with E-state index in [2.05, 4.69) is 45.4 Å². The highest BCUT2D eigenvalue weighted by molar-refractivity contribution is 7.80. The standard InChI is InChI=1S/C24H27N9O2S/c1-16-15-17(2)28-21(27-16)30-23(33-13-11-32(12-14-33)22-25-9-4-10-26-22)31-24(36)29-19-7-5-18(6-8-19)20(34)35-3/h4-10,15H,11-14H2,1-3H3,(H2,27,28,29,30,31,36). The summed E-state index contributed by atoms with van der Waals surface area (Å²) in [6, 6.07) is 10.5. The Morgan fingerprint density at radius 1 is 1.00 bits per heavy atom. The van der Waals surface area contributed by atoms with Crippen molar-refractivity contribution in [1.29, 1.82) is 0 Å². The number of carbonyl (C=O) groups excluding carboxylic acids is 1. The van der Waals surface area contributed by atoms with Gasteiger partial charge in [-0.25, -0.2) is 24.7 Å². The molecule has 11 nitrogen and oxygen atoms in total. The second kappa shape index (κ2) is 11.5. The van der Waals surface area contributed by atoms with Crippen LogP contribution in [0.15, 0.2) is 53.8 Å². The van der Waals surface area contributed by atoms with Crippen LogP contribution in [0.4, 0.5) is 17.6 Å². The van der Waals surface area contributed by atoms with E-state index < -0.39 is 5.97 Å². The molecule has 4 rings (SSSR count). The van der Waals surface area contributed by atoms with Gasteiger partial charge in [-0.05, 0) is 62.5 Å². The molecule has 0 spiro atoms. The molecule has 1 aliphatic rings. The molecule has 36 heavy (non-hydrogen) atoms. The number of piperazine rings is 1. The van der Waals surface area contributed by atoms with Crippen LogP contribution in [0.25, 0.3) is 0 Å². The van der Waals surface area contributed by atoms with Gasteiger partial charge in [0, 0.05) is 55.6 Å². The first-order valence-corrected chi connectivity index (χ1v) is 11.8. The molecule has 0 unspecified atom stereocenters. The number of nitrogens with one attached hydrogen (secondary N) is 2. The number of ether oxygens (including phenoxy) is 1. The second-order valence-electron chi connectivity index (χ2n) is 8.06. The lowest BCUT2D eigenvalue weighted by Crippen LogP contribution is -2.51. The van der Waals surface area contributed by atoms with Crippen molar-refractivity contribution in [3.05, 3.63) is 65.7 Å². The van der Waals surface area contributed by atoms with Crippen molar-refractivity contribution in [2.45, 2.75) is 13.8 Å². The Morgan fingerprint density at radius 2 is 1.64 bits per heavy atom. The van der Waals surface area contributed by atoms with Crippen LogP contribution >= 0.6 is 12.2 Å². The van der Waals surface area contributed by atoms with Crippen LogP contribution in [-0.4, -0.2) is 75.2 Å². The third kappa shape index (κ3) is 6.48. The molecule has 1 aromatic carbocycles. The van der Waals surface area contributed by atoms with E-state index in [1.807, 2.05) is 19.9 Å². The number of methoxy groups -OCH3 is 1. The maximum Gasteiger partial charge on any atom is 0.337 e. The third-order valence-electron chi connectivity index (χ3n) is 5.38. The molecule has 1 aliphatic heterocycles. The number of esters is 1. The first kappa shape index (κ1) is 24.9. The van der Waals surface area contributed by atoms with Crippen LogP contribution in [0.1, 0.15) is 21.7 Å². The van der Waals surface area contributed by atoms with Gasteiger partial charge in [-0.15, -0.1) is 0 Å². The predicted molar refractivity (Wildman–Crippen MR) is 142 cm³/mol. The van der Waals surface area contributed by atoms with Crippen molar-refractivity contribution in [2.75, 3.05) is 48.8 Å². The summed E-state index contributed by atoms with van der Waals surface area (Å²) < 4.78 is 4.74. The minimum Gasteiger partial charge on any atom is -0.465 e. The fourth-order valence-electron chi connectivity index (χ4n) is 3.69. The van der Waals surface area contributed by atoms with Crippen LogP contribution < -0.4 is 15.5 Å². The van der Waals surface area contributed by atoms with Crippen LogP contribution in [0.5, 0.6) is 0 Å². The molecule has 2 aromatic heterocycles. The summed E-state index contributed by atoms with van der Waals surface area (Å²) in [5.74, 6) is 1.29. The summed E-state index contributed by atoms with van der Waals surface area (Å²) >= 11 is 5.53. The van der Waals surface area contributed by atoms with Crippen molar-refractivity contribution >= 4 is 46.8 Å². The Labute approximate surface area is 214 Å². The molecule has 0 bridgehead atoms. The van der Waals surface area contributed by atoms with E-state index in [0.717, 1.165) is 11.4 Å². The molecule has 186 valence electrons. The molecule has 1 fully saturated rings. The summed E-state index contributed by atoms with van der Waals surface area (Å²) in [7, 11) is 1.35. The van der Waals surface area contributed by atoms with E-state index in [1.165, 1.54) is 7.11 Å². The number of aryl methyl sites for hydroxylation is 2. The quantitative estimate of drug-likeness (QED) is 0.236. The molecule has 0 saturated carbocycles. The smallest absolute Gasteiger partial charge is 0.337 e. The van der Waals surface area contributed by atoms with Crippen molar-refractivity contribution in [1.82, 2.24) is 24.8 Å². The maximum atomic E-state index is 11.7. The van der Waals surface area contributed by atoms with Crippen LogP contribution in [0, 0.1) is 13.8 Å². The van der Waals surface area contributed by atoms with Gasteiger partial charge in [0.05, 0.1) is 12.7 Å². The van der Waals surface area contributed by atoms with E-state index in [1.54, 1.807) is 42.7 Å². The number of anilines is 3. The highest BCUT2D eigenvalue weighted by Crippen LogP contribution is 2.14. The lowest BCUT2D eigenvalue weighted by molar-refractivity contribution is 0.0601. The van der Waals surface area contributed by atoms with Gasteiger partial charge >= 0.3 is 5.97 Å². The molecule has 3 heterocycles. The van der Waals surface area contributed by atoms with Crippen molar-refractivity contribution in [3.63, 3.8) is 0 Å². The Balaban J connectivity index is 1.51. The van der Waals surface area contributed by atoms with Crippen molar-refractivity contribution < 1.29 is 9.53 Å². The number of benzene rings is 1. The first-order chi connectivity index (χ1) is 17.4. The molecule has 3 aromatic rings. The van der Waals surface area contributed by atoms with Gasteiger partial charge in [-0.1, -0.05) is 0 Å². The highest BCUT2D eigenvalue weighted by Gasteiger charge is 2.22. The van der Waals surface area contributed by atoms with Gasteiger partial charge in [-0.3, -0.25) is 5.32 Å². The van der Waals surface area contributed by atoms with E-state index in [4.69, 9.17) is 17.0 Å². The van der Waals surface area contributed by atoms with E-state index in [-0.39, 0.29) is 5.11 Å². The van der Waals surface area contributed by atoms with Gasteiger partial charge in [0.25, 0.3) is 0 Å². The molecular weight excluding hydrogens is 478 g/mol. The minimum absolute atomic E-state index is 0.251.